The average Bonchev–Trinajstić information content (AvgIpc) is 3.51. The van der Waals surface area contributed by atoms with Gasteiger partial charge in [0.25, 0.3) is 0 Å². The maximum absolute atomic E-state index is 9.79. The Labute approximate surface area is 239 Å². The summed E-state index contributed by atoms with van der Waals surface area (Å²) in [6, 6.07) is 9.18. The van der Waals surface area contributed by atoms with E-state index in [9.17, 15) is 5.26 Å². The number of hydrogen-bond acceptors (Lipinski definition) is 8. The second kappa shape index (κ2) is 11.6. The predicted molar refractivity (Wildman–Crippen MR) is 155 cm³/mol. The van der Waals surface area contributed by atoms with Crippen molar-refractivity contribution >= 4 is 45.5 Å². The third kappa shape index (κ3) is 5.82. The number of fused-ring (bicyclic) bond motifs is 1. The molecule has 5 rings (SSSR count). The van der Waals surface area contributed by atoms with Crippen LogP contribution in [0.5, 0.6) is 17.2 Å². The van der Waals surface area contributed by atoms with Gasteiger partial charge in [0.05, 0.1) is 53.3 Å². The third-order valence-corrected chi connectivity index (χ3v) is 8.41. The highest BCUT2D eigenvalue weighted by Gasteiger charge is 2.41. The third-order valence-electron chi connectivity index (χ3n) is 7.80. The fourth-order valence-electron chi connectivity index (χ4n) is 5.79. The largest absolute Gasteiger partial charge is 0.495 e. The minimum Gasteiger partial charge on any atom is -0.495 e. The Bertz CT molecular complexity index is 1410. The molecule has 0 radical (unpaired) electrons. The maximum atomic E-state index is 9.79. The van der Waals surface area contributed by atoms with E-state index >= 15 is 0 Å². The smallest absolute Gasteiger partial charge is 0.163 e. The van der Waals surface area contributed by atoms with Crippen LogP contribution in [-0.4, -0.2) is 75.4 Å². The first-order valence-electron chi connectivity index (χ1n) is 13.1. The molecule has 1 atom stereocenters. The molecule has 0 aliphatic carbocycles. The molecule has 1 aromatic heterocycles. The number of nitrogens with one attached hydrogen (secondary N) is 1. The number of ether oxygens (including phenoxy) is 3. The van der Waals surface area contributed by atoms with Gasteiger partial charge >= 0.3 is 0 Å². The molecule has 0 bridgehead atoms. The van der Waals surface area contributed by atoms with Crippen molar-refractivity contribution in [2.75, 3.05) is 65.9 Å². The normalized spacial score (nSPS) is 19.5. The number of methoxy groups -OCH3 is 2. The number of nitriles is 1. The van der Waals surface area contributed by atoms with Crippen LogP contribution in [0.15, 0.2) is 30.5 Å². The molecular weight excluding hydrogens is 537 g/mol. The fourth-order valence-corrected chi connectivity index (χ4v) is 6.30. The first-order chi connectivity index (χ1) is 18.8. The second-order valence-corrected chi connectivity index (χ2v) is 11.3. The van der Waals surface area contributed by atoms with E-state index in [1.54, 1.807) is 19.2 Å². The number of pyridine rings is 1. The molecule has 2 fully saturated rings. The van der Waals surface area contributed by atoms with E-state index in [0.717, 1.165) is 19.5 Å². The van der Waals surface area contributed by atoms with Crippen LogP contribution in [0, 0.1) is 16.7 Å². The van der Waals surface area contributed by atoms with Gasteiger partial charge in [-0.15, -0.1) is 0 Å². The molecule has 0 amide bonds. The molecule has 3 aromatic rings. The lowest BCUT2D eigenvalue weighted by molar-refractivity contribution is 0.229. The van der Waals surface area contributed by atoms with Crippen molar-refractivity contribution in [3.8, 4) is 23.3 Å². The van der Waals surface area contributed by atoms with Gasteiger partial charge in [0, 0.05) is 43.4 Å². The number of hydrogen-bond donors (Lipinski definition) is 1. The van der Waals surface area contributed by atoms with Crippen LogP contribution < -0.4 is 19.5 Å². The molecule has 206 valence electrons. The Kier molecular flexibility index (Phi) is 8.24. The van der Waals surface area contributed by atoms with Gasteiger partial charge in [-0.2, -0.15) is 5.26 Å². The maximum Gasteiger partial charge on any atom is 0.163 e. The van der Waals surface area contributed by atoms with Gasteiger partial charge in [-0.1, -0.05) is 23.2 Å². The molecule has 1 unspecified atom stereocenters. The average molecular weight is 571 g/mol. The van der Waals surface area contributed by atoms with Gasteiger partial charge in [-0.25, -0.2) is 0 Å². The molecule has 1 spiro atoms. The molecular formula is C29H33Cl2N5O3. The van der Waals surface area contributed by atoms with Crippen LogP contribution in [0.25, 0.3) is 10.9 Å². The zero-order valence-electron chi connectivity index (χ0n) is 22.5. The quantitative estimate of drug-likeness (QED) is 0.315. The van der Waals surface area contributed by atoms with Crippen molar-refractivity contribution in [1.82, 2.24) is 14.8 Å². The van der Waals surface area contributed by atoms with E-state index in [4.69, 9.17) is 37.4 Å². The van der Waals surface area contributed by atoms with Gasteiger partial charge in [0.1, 0.15) is 11.8 Å². The number of likely N-dealkylation sites (tertiary alicyclic amines) is 2. The molecule has 2 saturated heterocycles. The molecule has 1 N–H and O–H groups in total. The van der Waals surface area contributed by atoms with E-state index in [0.29, 0.717) is 67.2 Å². The van der Waals surface area contributed by atoms with Crippen molar-refractivity contribution in [2.24, 2.45) is 5.41 Å². The second-order valence-electron chi connectivity index (χ2n) is 10.5. The Morgan fingerprint density at radius 3 is 2.54 bits per heavy atom. The molecule has 10 heteroatoms. The van der Waals surface area contributed by atoms with Crippen LogP contribution in [0.3, 0.4) is 0 Å². The van der Waals surface area contributed by atoms with Crippen LogP contribution in [0.1, 0.15) is 24.8 Å². The summed E-state index contributed by atoms with van der Waals surface area (Å²) in [7, 11) is 5.36. The highest BCUT2D eigenvalue weighted by atomic mass is 35.5. The van der Waals surface area contributed by atoms with Crippen LogP contribution in [-0.2, 0) is 0 Å². The van der Waals surface area contributed by atoms with E-state index in [1.165, 1.54) is 45.8 Å². The summed E-state index contributed by atoms with van der Waals surface area (Å²) >= 11 is 12.7. The van der Waals surface area contributed by atoms with Crippen LogP contribution in [0.4, 0.5) is 11.4 Å². The summed E-state index contributed by atoms with van der Waals surface area (Å²) in [5.74, 6) is 1.65. The number of rotatable bonds is 9. The Balaban J connectivity index is 1.32. The van der Waals surface area contributed by atoms with Gasteiger partial charge in [-0.3, -0.25) is 4.98 Å². The SMILES string of the molecule is COc1cc(Nc2c(C#N)cnc3cc(OCCCN4CCC5(CCN(C)C5)C4)c(OC)cc23)c(Cl)cc1Cl. The number of benzene rings is 2. The first-order valence-corrected chi connectivity index (χ1v) is 13.8. The predicted octanol–water partition coefficient (Wildman–Crippen LogP) is 5.97. The number of aromatic nitrogens is 1. The van der Waals surface area contributed by atoms with Crippen molar-refractivity contribution in [2.45, 2.75) is 19.3 Å². The van der Waals surface area contributed by atoms with Crippen molar-refractivity contribution in [3.63, 3.8) is 0 Å². The Morgan fingerprint density at radius 2 is 1.82 bits per heavy atom. The van der Waals surface area contributed by atoms with Crippen molar-refractivity contribution < 1.29 is 14.2 Å². The summed E-state index contributed by atoms with van der Waals surface area (Å²) < 4.78 is 17.2. The van der Waals surface area contributed by atoms with Crippen molar-refractivity contribution in [3.05, 3.63) is 46.1 Å². The lowest BCUT2D eigenvalue weighted by Gasteiger charge is -2.24. The van der Waals surface area contributed by atoms with Crippen LogP contribution >= 0.6 is 23.2 Å². The number of halogens is 2. The zero-order chi connectivity index (χ0) is 27.6. The highest BCUT2D eigenvalue weighted by molar-refractivity contribution is 6.37. The van der Waals surface area contributed by atoms with Gasteiger partial charge in [0.15, 0.2) is 11.5 Å². The molecule has 2 aromatic carbocycles. The minimum atomic E-state index is 0.361. The highest BCUT2D eigenvalue weighted by Crippen LogP contribution is 2.41. The Morgan fingerprint density at radius 1 is 1.03 bits per heavy atom. The summed E-state index contributed by atoms with van der Waals surface area (Å²) in [4.78, 5) is 9.53. The fraction of sp³-hybridized carbons (Fsp3) is 0.448. The lowest BCUT2D eigenvalue weighted by Crippen LogP contribution is -2.30. The standard InChI is InChI=1S/C29H33Cl2N5O3/c1-35-8-5-29(17-35)6-9-36(18-29)7-4-10-39-27-13-23-20(11-26(27)38-3)28(19(15-32)16-33-23)34-24-14-25(37-2)22(31)12-21(24)30/h11-14,16H,4-10,17-18H2,1-3H3,(H,33,34). The summed E-state index contributed by atoms with van der Waals surface area (Å²) in [6.07, 6.45) is 5.06. The van der Waals surface area contributed by atoms with E-state index < -0.39 is 0 Å². The van der Waals surface area contributed by atoms with E-state index in [1.807, 2.05) is 12.1 Å². The Hall–Kier alpha value is -2.96. The molecule has 2 aliphatic rings. The number of anilines is 2. The molecule has 0 saturated carbocycles. The van der Waals surface area contributed by atoms with Crippen molar-refractivity contribution in [1.29, 1.82) is 5.26 Å². The van der Waals surface area contributed by atoms with Gasteiger partial charge in [-0.05, 0) is 56.9 Å². The summed E-state index contributed by atoms with van der Waals surface area (Å²) in [6.45, 7) is 6.36. The summed E-state index contributed by atoms with van der Waals surface area (Å²) in [5, 5.41) is 14.6. The lowest BCUT2D eigenvalue weighted by atomic mass is 9.86. The minimum absolute atomic E-state index is 0.361. The monoisotopic (exact) mass is 569 g/mol. The van der Waals surface area contributed by atoms with E-state index in [2.05, 4.69) is 33.2 Å². The van der Waals surface area contributed by atoms with Crippen LogP contribution in [0.2, 0.25) is 10.0 Å². The molecule has 3 heterocycles. The topological polar surface area (TPSA) is 82.9 Å². The van der Waals surface area contributed by atoms with E-state index in [-0.39, 0.29) is 0 Å². The summed E-state index contributed by atoms with van der Waals surface area (Å²) in [5.41, 5.74) is 2.61. The molecule has 2 aliphatic heterocycles. The zero-order valence-corrected chi connectivity index (χ0v) is 24.0. The molecule has 8 nitrogen and oxygen atoms in total. The molecule has 39 heavy (non-hydrogen) atoms. The number of nitrogens with zero attached hydrogens (tertiary/aromatic N) is 4. The first kappa shape index (κ1) is 27.6. The van der Waals surface area contributed by atoms with Gasteiger partial charge < -0.3 is 29.3 Å². The van der Waals surface area contributed by atoms with Gasteiger partial charge in [0.2, 0.25) is 0 Å².